The lowest BCUT2D eigenvalue weighted by Crippen LogP contribution is -1.90. The predicted molar refractivity (Wildman–Crippen MR) is 63.5 cm³/mol. The quantitative estimate of drug-likeness (QED) is 0.800. The highest BCUT2D eigenvalue weighted by molar-refractivity contribution is 5.99. The molecule has 16 heavy (non-hydrogen) atoms. The van der Waals surface area contributed by atoms with Crippen molar-refractivity contribution >= 4 is 11.4 Å². The van der Waals surface area contributed by atoms with E-state index in [0.29, 0.717) is 0 Å². The van der Waals surface area contributed by atoms with Gasteiger partial charge < -0.3 is 4.74 Å². The third-order valence-electron chi connectivity index (χ3n) is 2.27. The van der Waals surface area contributed by atoms with Gasteiger partial charge in [-0.05, 0) is 19.1 Å². The van der Waals surface area contributed by atoms with Crippen LogP contribution in [0, 0.1) is 0 Å². The summed E-state index contributed by atoms with van der Waals surface area (Å²) in [4.78, 5) is 4.49. The topological polar surface area (TPSA) is 50.3 Å². The fourth-order valence-corrected chi connectivity index (χ4v) is 1.39. The van der Waals surface area contributed by atoms with Gasteiger partial charge in [0.25, 0.3) is 0 Å². The van der Waals surface area contributed by atoms with Crippen LogP contribution in [0.5, 0.6) is 5.75 Å². The molecule has 1 N–H and O–H groups in total. The molecule has 0 unspecified atom stereocenters. The molecule has 0 spiro atoms. The molecule has 1 aromatic heterocycles. The Morgan fingerprint density at radius 1 is 1.44 bits per heavy atom. The molecule has 0 saturated carbocycles. The molecule has 0 aliphatic heterocycles. The number of hydrogen-bond acceptors (Lipinski definition) is 3. The molecule has 2 rings (SSSR count). The largest absolute Gasteiger partial charge is 0.497 e. The number of nitrogens with zero attached hydrogens (tertiary/aromatic N) is 2. The summed E-state index contributed by atoms with van der Waals surface area (Å²) in [7, 11) is 1.64. The zero-order valence-corrected chi connectivity index (χ0v) is 9.27. The number of H-pyrrole nitrogens is 1. The summed E-state index contributed by atoms with van der Waals surface area (Å²) in [6, 6.07) is 7.64. The minimum atomic E-state index is 0.807. The molecule has 0 bridgehead atoms. The highest BCUT2D eigenvalue weighted by atomic mass is 16.5. The Labute approximate surface area is 94.0 Å². The molecule has 1 aromatic carbocycles. The normalized spacial score (nSPS) is 11.5. The first-order valence-corrected chi connectivity index (χ1v) is 4.98. The Balaban J connectivity index is 2.28. The van der Waals surface area contributed by atoms with Gasteiger partial charge in [0.2, 0.25) is 0 Å². The molecule has 0 fully saturated rings. The number of rotatable bonds is 3. The molecule has 0 radical (unpaired) electrons. The van der Waals surface area contributed by atoms with Crippen LogP contribution in [0.3, 0.4) is 0 Å². The Bertz CT molecular complexity index is 489. The standard InChI is InChI=1S/C12H13N3O/c1-9(10-7-13-14-8-10)15-11-4-3-5-12(6-11)16-2/h3-8H,1-2H3,(H,13,14). The van der Waals surface area contributed by atoms with E-state index < -0.39 is 0 Å². The fourth-order valence-electron chi connectivity index (χ4n) is 1.39. The van der Waals surface area contributed by atoms with Crippen molar-refractivity contribution in [1.29, 1.82) is 0 Å². The van der Waals surface area contributed by atoms with Crippen LogP contribution in [0.1, 0.15) is 12.5 Å². The molecule has 1 heterocycles. The van der Waals surface area contributed by atoms with E-state index in [-0.39, 0.29) is 0 Å². The third kappa shape index (κ3) is 2.28. The number of aromatic amines is 1. The molecule has 0 amide bonds. The molecule has 0 aliphatic rings. The Hall–Kier alpha value is -2.10. The molecule has 2 aromatic rings. The highest BCUT2D eigenvalue weighted by Crippen LogP contribution is 2.20. The van der Waals surface area contributed by atoms with Crippen LogP contribution in [-0.4, -0.2) is 23.0 Å². The van der Waals surface area contributed by atoms with Crippen molar-refractivity contribution in [1.82, 2.24) is 10.2 Å². The van der Waals surface area contributed by atoms with Crippen LogP contribution in [0.2, 0.25) is 0 Å². The van der Waals surface area contributed by atoms with Gasteiger partial charge in [0.05, 0.1) is 19.0 Å². The molecule has 0 saturated heterocycles. The van der Waals surface area contributed by atoms with Crippen molar-refractivity contribution in [3.63, 3.8) is 0 Å². The second-order valence-corrected chi connectivity index (χ2v) is 3.39. The summed E-state index contributed by atoms with van der Waals surface area (Å²) < 4.78 is 5.14. The Morgan fingerprint density at radius 2 is 2.31 bits per heavy atom. The molecule has 0 aliphatic carbocycles. The summed E-state index contributed by atoms with van der Waals surface area (Å²) in [5.74, 6) is 0.807. The first-order chi connectivity index (χ1) is 7.79. The fraction of sp³-hybridized carbons (Fsp3) is 0.167. The molecular formula is C12H13N3O. The number of ether oxygens (including phenoxy) is 1. The number of benzene rings is 1. The second kappa shape index (κ2) is 4.61. The number of aliphatic imine (C=N–C) groups is 1. The van der Waals surface area contributed by atoms with Gasteiger partial charge in [0, 0.05) is 23.5 Å². The number of hydrogen-bond donors (Lipinski definition) is 1. The summed E-state index contributed by atoms with van der Waals surface area (Å²) >= 11 is 0. The minimum Gasteiger partial charge on any atom is -0.497 e. The van der Waals surface area contributed by atoms with Crippen LogP contribution in [-0.2, 0) is 0 Å². The Kier molecular flexibility index (Phi) is 3.00. The molecular weight excluding hydrogens is 202 g/mol. The smallest absolute Gasteiger partial charge is 0.121 e. The average Bonchev–Trinajstić information content (AvgIpc) is 2.83. The van der Waals surface area contributed by atoms with Crippen LogP contribution in [0.15, 0.2) is 41.7 Å². The van der Waals surface area contributed by atoms with Crippen molar-refractivity contribution in [3.8, 4) is 5.75 Å². The minimum absolute atomic E-state index is 0.807. The zero-order chi connectivity index (χ0) is 11.4. The van der Waals surface area contributed by atoms with Crippen LogP contribution < -0.4 is 4.74 Å². The van der Waals surface area contributed by atoms with E-state index in [1.54, 1.807) is 13.3 Å². The molecule has 82 valence electrons. The van der Waals surface area contributed by atoms with E-state index >= 15 is 0 Å². The summed E-state index contributed by atoms with van der Waals surface area (Å²) in [5.41, 5.74) is 2.78. The first kappa shape index (κ1) is 10.4. The molecule has 4 heteroatoms. The zero-order valence-electron chi connectivity index (χ0n) is 9.27. The number of methoxy groups -OCH3 is 1. The van der Waals surface area contributed by atoms with E-state index in [1.165, 1.54) is 0 Å². The Morgan fingerprint density at radius 3 is 3.00 bits per heavy atom. The van der Waals surface area contributed by atoms with E-state index in [0.717, 1.165) is 22.7 Å². The first-order valence-electron chi connectivity index (χ1n) is 4.98. The lowest BCUT2D eigenvalue weighted by atomic mass is 10.2. The lowest BCUT2D eigenvalue weighted by molar-refractivity contribution is 0.415. The van der Waals surface area contributed by atoms with Crippen molar-refractivity contribution in [3.05, 3.63) is 42.2 Å². The van der Waals surface area contributed by atoms with Gasteiger partial charge in [0.1, 0.15) is 5.75 Å². The lowest BCUT2D eigenvalue weighted by Gasteiger charge is -2.01. The van der Waals surface area contributed by atoms with Crippen LogP contribution >= 0.6 is 0 Å². The van der Waals surface area contributed by atoms with Crippen molar-refractivity contribution in [2.45, 2.75) is 6.92 Å². The molecule has 4 nitrogen and oxygen atoms in total. The number of nitrogens with one attached hydrogen (secondary N) is 1. The maximum Gasteiger partial charge on any atom is 0.121 e. The predicted octanol–water partition coefficient (Wildman–Crippen LogP) is 2.56. The van der Waals surface area contributed by atoms with E-state index in [9.17, 15) is 0 Å². The van der Waals surface area contributed by atoms with Crippen molar-refractivity contribution < 1.29 is 4.74 Å². The van der Waals surface area contributed by atoms with Crippen molar-refractivity contribution in [2.24, 2.45) is 4.99 Å². The van der Waals surface area contributed by atoms with Crippen molar-refractivity contribution in [2.75, 3.05) is 7.11 Å². The second-order valence-electron chi connectivity index (χ2n) is 3.39. The van der Waals surface area contributed by atoms with Gasteiger partial charge in [-0.15, -0.1) is 0 Å². The number of aromatic nitrogens is 2. The maximum absolute atomic E-state index is 5.14. The summed E-state index contributed by atoms with van der Waals surface area (Å²) in [6.07, 6.45) is 3.57. The maximum atomic E-state index is 5.14. The van der Waals surface area contributed by atoms with Gasteiger partial charge in [-0.2, -0.15) is 5.10 Å². The van der Waals surface area contributed by atoms with Gasteiger partial charge in [-0.3, -0.25) is 10.1 Å². The van der Waals surface area contributed by atoms with Gasteiger partial charge in [0.15, 0.2) is 0 Å². The highest BCUT2D eigenvalue weighted by Gasteiger charge is 1.99. The van der Waals surface area contributed by atoms with Gasteiger partial charge in [-0.1, -0.05) is 6.07 Å². The van der Waals surface area contributed by atoms with Gasteiger partial charge in [-0.25, -0.2) is 0 Å². The third-order valence-corrected chi connectivity index (χ3v) is 2.27. The van der Waals surface area contributed by atoms with Crippen LogP contribution in [0.25, 0.3) is 0 Å². The average molecular weight is 215 g/mol. The van der Waals surface area contributed by atoms with Crippen LogP contribution in [0.4, 0.5) is 5.69 Å². The SMILES string of the molecule is COc1cccc(N=C(C)c2cn[nH]c2)c1. The monoisotopic (exact) mass is 215 g/mol. The van der Waals surface area contributed by atoms with E-state index in [2.05, 4.69) is 15.2 Å². The van der Waals surface area contributed by atoms with E-state index in [4.69, 9.17) is 4.74 Å². The van der Waals surface area contributed by atoms with E-state index in [1.807, 2.05) is 37.4 Å². The van der Waals surface area contributed by atoms with Gasteiger partial charge >= 0.3 is 0 Å². The molecule has 0 atom stereocenters. The summed E-state index contributed by atoms with van der Waals surface area (Å²) in [6.45, 7) is 1.95. The summed E-state index contributed by atoms with van der Waals surface area (Å²) in [5, 5.41) is 6.65.